The van der Waals surface area contributed by atoms with Crippen LogP contribution in [0.25, 0.3) is 27.2 Å². The van der Waals surface area contributed by atoms with Gasteiger partial charge in [-0.2, -0.15) is 4.98 Å². The van der Waals surface area contributed by atoms with E-state index in [-0.39, 0.29) is 49.2 Å². The Morgan fingerprint density at radius 3 is 2.35 bits per heavy atom. The smallest absolute Gasteiger partial charge is 0.281 e. The van der Waals surface area contributed by atoms with E-state index >= 15 is 0 Å². The van der Waals surface area contributed by atoms with Crippen molar-refractivity contribution in [3.63, 3.8) is 0 Å². The van der Waals surface area contributed by atoms with Crippen molar-refractivity contribution in [2.24, 2.45) is 11.3 Å². The van der Waals surface area contributed by atoms with Crippen LogP contribution in [0, 0.1) is 18.3 Å². The van der Waals surface area contributed by atoms with Gasteiger partial charge in [-0.25, -0.2) is 19.0 Å². The minimum atomic E-state index is -1.79. The number of aryl methyl sites for hydroxylation is 1. The van der Waals surface area contributed by atoms with Gasteiger partial charge in [0.05, 0.1) is 62.8 Å². The number of carbonyl (C=O) groups is 2. The molecule has 4 N–H and O–H groups in total. The van der Waals surface area contributed by atoms with Crippen LogP contribution in [-0.2, 0) is 21.5 Å². The highest BCUT2D eigenvalue weighted by molar-refractivity contribution is 9.10. The second kappa shape index (κ2) is 21.5. The lowest BCUT2D eigenvalue weighted by atomic mass is 9.70. The molecule has 19 heteroatoms. The Kier molecular flexibility index (Phi) is 14.8. The first-order valence-electron chi connectivity index (χ1n) is 28.7. The molecule has 5 fully saturated rings. The van der Waals surface area contributed by atoms with Crippen LogP contribution in [0.2, 0.25) is 0 Å². The monoisotopic (exact) mass is 1160 g/mol. The minimum Gasteiger partial charge on any atom is -0.391 e. The van der Waals surface area contributed by atoms with Crippen molar-refractivity contribution in [3.05, 3.63) is 115 Å². The number of hydrogen-bond donors (Lipinski definition) is 4. The molecule has 7 heterocycles. The van der Waals surface area contributed by atoms with Gasteiger partial charge in [0.25, 0.3) is 5.56 Å². The van der Waals surface area contributed by atoms with Crippen molar-refractivity contribution < 1.29 is 24.2 Å². The molecule has 3 aliphatic heterocycles. The topological polar surface area (TPSA) is 197 Å². The maximum Gasteiger partial charge on any atom is 0.281 e. The molecule has 3 saturated carbocycles. The zero-order chi connectivity index (χ0) is 55.0. The van der Waals surface area contributed by atoms with E-state index in [2.05, 4.69) is 58.4 Å². The largest absolute Gasteiger partial charge is 0.391 e. The molecule has 79 heavy (non-hydrogen) atoms. The molecule has 2 aromatic carbocycles. The molecule has 6 aliphatic rings. The maximum absolute atomic E-state index is 15.0. The quantitative estimate of drug-likeness (QED) is 0.0758. The maximum atomic E-state index is 15.0. The highest BCUT2D eigenvalue weighted by Crippen LogP contribution is 2.52. The molecule has 5 atom stereocenters. The van der Waals surface area contributed by atoms with Crippen LogP contribution in [0.3, 0.4) is 0 Å². The number of piperidine rings is 1. The number of nitrogens with zero attached hydrogens (tertiary/aromatic N) is 9. The number of carbonyl (C=O) groups excluding carboxylic acids is 2. The molecule has 2 saturated heterocycles. The molecule has 0 bridgehead atoms. The van der Waals surface area contributed by atoms with E-state index in [9.17, 15) is 29.0 Å². The van der Waals surface area contributed by atoms with E-state index in [1.165, 1.54) is 16.9 Å². The number of pyridine rings is 1. The lowest BCUT2D eigenvalue weighted by Crippen LogP contribution is -2.60. The van der Waals surface area contributed by atoms with Gasteiger partial charge in [0.15, 0.2) is 0 Å². The lowest BCUT2D eigenvalue weighted by Gasteiger charge is -2.37. The highest BCUT2D eigenvalue weighted by Gasteiger charge is 2.53. The first-order valence-corrected chi connectivity index (χ1v) is 30.4. The van der Waals surface area contributed by atoms with Gasteiger partial charge in [0.1, 0.15) is 29.6 Å². The van der Waals surface area contributed by atoms with E-state index in [4.69, 9.17) is 15.1 Å². The third-order valence-electron chi connectivity index (χ3n) is 18.5. The van der Waals surface area contributed by atoms with Crippen LogP contribution in [0.4, 0.5) is 4.39 Å². The molecule has 16 nitrogen and oxygen atoms in total. The first kappa shape index (κ1) is 54.3. The number of benzene rings is 2. The Morgan fingerprint density at radius 2 is 1.66 bits per heavy atom. The Morgan fingerprint density at radius 1 is 0.924 bits per heavy atom. The molecule has 12 rings (SSSR count). The fraction of sp³-hybridized carbons (Fsp3) is 0.567. The summed E-state index contributed by atoms with van der Waals surface area (Å²) in [5.41, 5.74) is 5.83. The van der Waals surface area contributed by atoms with Crippen LogP contribution < -0.4 is 16.2 Å². The van der Waals surface area contributed by atoms with Crippen molar-refractivity contribution >= 4 is 50.0 Å². The van der Waals surface area contributed by atoms with Gasteiger partial charge >= 0.3 is 0 Å². The SMILES string of the molecule is Cc1ncsc1-c1ccc([C@H](Cn2cc(C3CCC(CN4CCC(c5ccc6c(n5)-n5c(nc(=O)c7c(Br)cccc75)C65CCCCC5)CC4)CC3)nn2)NC(=O)[C@@H]2C[C@@H](O)CN2C(=O)[C@@H](NC(O)C2(F)CC2)C(C)(C)C)cc1. The third-order valence-corrected chi connectivity index (χ3v) is 20.1. The molecule has 3 aliphatic carbocycles. The fourth-order valence-corrected chi connectivity index (χ4v) is 15.1. The van der Waals surface area contributed by atoms with Gasteiger partial charge in [-0.15, -0.1) is 16.4 Å². The zero-order valence-corrected chi connectivity index (χ0v) is 48.1. The van der Waals surface area contributed by atoms with Crippen molar-refractivity contribution in [3.8, 4) is 16.3 Å². The van der Waals surface area contributed by atoms with Crippen LogP contribution in [0.5, 0.6) is 0 Å². The van der Waals surface area contributed by atoms with Gasteiger partial charge in [0, 0.05) is 53.3 Å². The number of aromatic nitrogens is 7. The number of amides is 2. The molecule has 418 valence electrons. The Labute approximate surface area is 473 Å². The number of likely N-dealkylation sites (tertiary alicyclic amines) is 2. The second-order valence-corrected chi connectivity index (χ2v) is 26.6. The van der Waals surface area contributed by atoms with Crippen molar-refractivity contribution in [1.82, 2.24) is 54.9 Å². The van der Waals surface area contributed by atoms with Crippen LogP contribution in [-0.4, -0.2) is 123 Å². The van der Waals surface area contributed by atoms with Crippen LogP contribution in [0.15, 0.2) is 75.6 Å². The average molecular weight is 1160 g/mol. The van der Waals surface area contributed by atoms with Crippen LogP contribution >= 0.6 is 27.3 Å². The molecule has 4 aromatic heterocycles. The number of nitrogens with one attached hydrogen (secondary N) is 2. The number of thiazole rings is 1. The van der Waals surface area contributed by atoms with E-state index in [1.54, 1.807) is 16.0 Å². The summed E-state index contributed by atoms with van der Waals surface area (Å²) in [7, 11) is 0. The number of aliphatic hydroxyl groups excluding tert-OH is 2. The summed E-state index contributed by atoms with van der Waals surface area (Å²) >= 11 is 5.22. The predicted molar refractivity (Wildman–Crippen MR) is 305 cm³/mol. The fourth-order valence-electron chi connectivity index (χ4n) is 13.8. The summed E-state index contributed by atoms with van der Waals surface area (Å²) in [4.78, 5) is 62.2. The molecule has 1 unspecified atom stereocenters. The standard InChI is InChI=1S/C60H73BrFN11O5S/c1-35-50(79-34-63-35)40-17-15-37(16-18-40)45(65-53(75)48-29-41(74)31-72(48)55(77)51(58(2,3)4)66-57(78)60(62)25-26-60)32-71-33-46(68-69-71)38-13-11-36(12-14-38)30-70-27-21-39(22-28-70)44-20-19-42-52(64-44)73-47-10-8-9-43(61)49(47)54(76)67-56(73)59(42)23-6-5-7-24-59/h8-10,15-20,33-34,36,38-39,41,45,48,51,57,66,74,78H,5-7,11-14,21-32H2,1-4H3,(H,65,75)/t36?,38?,41-,45+,48+,51-,57?/m1/s1. The average Bonchev–Trinajstić information content (AvgIpc) is 3.45. The summed E-state index contributed by atoms with van der Waals surface area (Å²) in [5.74, 6) is 2.16. The summed E-state index contributed by atoms with van der Waals surface area (Å²) in [6, 6.07) is 16.0. The third kappa shape index (κ3) is 10.5. The van der Waals surface area contributed by atoms with Gasteiger partial charge in [-0.1, -0.05) is 81.6 Å². The molecular formula is C60H73BrFN11O5S. The molecule has 0 radical (unpaired) electrons. The summed E-state index contributed by atoms with van der Waals surface area (Å²) < 4.78 is 19.7. The summed E-state index contributed by atoms with van der Waals surface area (Å²) in [5, 5.41) is 37.7. The van der Waals surface area contributed by atoms with Gasteiger partial charge in [-0.3, -0.25) is 24.3 Å². The lowest BCUT2D eigenvalue weighted by molar-refractivity contribution is -0.144. The normalized spacial score (nSPS) is 24.1. The van der Waals surface area contributed by atoms with Crippen molar-refractivity contribution in [1.29, 1.82) is 0 Å². The summed E-state index contributed by atoms with van der Waals surface area (Å²) in [6.45, 7) is 10.8. The number of fused-ring (bicyclic) bond motifs is 7. The Bertz CT molecular complexity index is 3300. The van der Waals surface area contributed by atoms with Crippen molar-refractivity contribution in [2.75, 3.05) is 26.2 Å². The second-order valence-electron chi connectivity index (χ2n) is 24.9. The molecule has 1 spiro atoms. The minimum absolute atomic E-state index is 0.0399. The van der Waals surface area contributed by atoms with E-state index < -0.39 is 53.4 Å². The predicted octanol–water partition coefficient (Wildman–Crippen LogP) is 8.93. The van der Waals surface area contributed by atoms with Gasteiger partial charge in [0.2, 0.25) is 11.8 Å². The number of rotatable bonds is 14. The number of alkyl halides is 1. The van der Waals surface area contributed by atoms with Gasteiger partial charge in [-0.05, 0) is 141 Å². The van der Waals surface area contributed by atoms with Crippen molar-refractivity contribution in [2.45, 2.75) is 178 Å². The van der Waals surface area contributed by atoms with E-state index in [0.717, 1.165) is 139 Å². The molecule has 2 amide bonds. The zero-order valence-electron chi connectivity index (χ0n) is 45.7. The van der Waals surface area contributed by atoms with E-state index in [1.807, 2.05) is 81.9 Å². The molecular weight excluding hydrogens is 1090 g/mol. The Hall–Kier alpha value is -5.31. The van der Waals surface area contributed by atoms with E-state index in [0.29, 0.717) is 17.2 Å². The van der Waals surface area contributed by atoms with Gasteiger partial charge < -0.3 is 25.3 Å². The first-order chi connectivity index (χ1) is 38.0. The number of halogens is 2. The number of β-amino-alcohol motifs (C(OH)–C–C–N with tert-alkyl or cyclic N) is 1. The molecule has 6 aromatic rings. The highest BCUT2D eigenvalue weighted by atomic mass is 79.9. The Balaban J connectivity index is 0.690. The number of hydrogen-bond acceptors (Lipinski definition) is 13. The summed E-state index contributed by atoms with van der Waals surface area (Å²) in [6.07, 6.45) is 11.8. The van der Waals surface area contributed by atoms with Crippen LogP contribution in [0.1, 0.15) is 163 Å². The number of aliphatic hydroxyl groups is 2.